The van der Waals surface area contributed by atoms with Crippen LogP contribution in [0, 0.1) is 6.92 Å². The summed E-state index contributed by atoms with van der Waals surface area (Å²) >= 11 is 1.84. The number of thioether (sulfide) groups is 1. The first-order chi connectivity index (χ1) is 8.79. The van der Waals surface area contributed by atoms with Crippen LogP contribution in [0.4, 0.5) is 5.69 Å². The van der Waals surface area contributed by atoms with Crippen molar-refractivity contribution in [1.82, 2.24) is 9.97 Å². The summed E-state index contributed by atoms with van der Waals surface area (Å²) in [6, 6.07) is 10.3. The summed E-state index contributed by atoms with van der Waals surface area (Å²) < 4.78 is 0. The Morgan fingerprint density at radius 3 is 2.83 bits per heavy atom. The lowest BCUT2D eigenvalue weighted by Gasteiger charge is -2.10. The van der Waals surface area contributed by atoms with Crippen molar-refractivity contribution in [3.8, 4) is 0 Å². The van der Waals surface area contributed by atoms with Gasteiger partial charge in [-0.2, -0.15) is 0 Å². The fourth-order valence-corrected chi connectivity index (χ4v) is 2.46. The molecule has 0 amide bonds. The summed E-state index contributed by atoms with van der Waals surface area (Å²) in [5.74, 6) is 1.89. The lowest BCUT2D eigenvalue weighted by molar-refractivity contribution is 0.953. The largest absolute Gasteiger partial charge is 0.378 e. The third kappa shape index (κ3) is 3.47. The molecule has 4 heteroatoms. The normalized spacial score (nSPS) is 10.3. The summed E-state index contributed by atoms with van der Waals surface area (Å²) in [7, 11) is 0. The van der Waals surface area contributed by atoms with Crippen LogP contribution in [-0.4, -0.2) is 15.7 Å². The van der Waals surface area contributed by atoms with Crippen LogP contribution < -0.4 is 5.32 Å². The molecular weight excluding hydrogens is 242 g/mol. The van der Waals surface area contributed by atoms with Crippen LogP contribution in [0.3, 0.4) is 0 Å². The molecule has 3 nitrogen and oxygen atoms in total. The van der Waals surface area contributed by atoms with Crippen LogP contribution in [0.15, 0.2) is 41.4 Å². The minimum atomic E-state index is 0.727. The maximum atomic E-state index is 4.38. The fourth-order valence-electron chi connectivity index (χ4n) is 1.68. The van der Waals surface area contributed by atoms with E-state index in [-0.39, 0.29) is 0 Å². The summed E-state index contributed by atoms with van der Waals surface area (Å²) in [4.78, 5) is 9.77. The zero-order valence-electron chi connectivity index (χ0n) is 10.7. The van der Waals surface area contributed by atoms with Gasteiger partial charge in [0, 0.05) is 16.8 Å². The van der Waals surface area contributed by atoms with Crippen molar-refractivity contribution in [1.29, 1.82) is 0 Å². The Kier molecular flexibility index (Phi) is 4.59. The van der Waals surface area contributed by atoms with Crippen LogP contribution in [0.25, 0.3) is 0 Å². The van der Waals surface area contributed by atoms with E-state index in [1.165, 1.54) is 10.6 Å². The minimum absolute atomic E-state index is 0.727. The van der Waals surface area contributed by atoms with E-state index >= 15 is 0 Å². The van der Waals surface area contributed by atoms with Gasteiger partial charge in [0.25, 0.3) is 0 Å². The van der Waals surface area contributed by atoms with E-state index in [1.807, 2.05) is 30.8 Å². The van der Waals surface area contributed by atoms with Gasteiger partial charge in [-0.3, -0.25) is 0 Å². The molecule has 1 heterocycles. The Bertz CT molecular complexity index is 514. The molecular formula is C14H17N3S. The molecule has 0 aliphatic rings. The summed E-state index contributed by atoms with van der Waals surface area (Å²) in [5, 5.41) is 3.43. The monoisotopic (exact) mass is 259 g/mol. The number of anilines is 1. The third-order valence-corrected chi connectivity index (χ3v) is 3.44. The number of nitrogens with zero attached hydrogens (tertiary/aromatic N) is 2. The molecule has 94 valence electrons. The molecule has 0 bridgehead atoms. The van der Waals surface area contributed by atoms with Crippen molar-refractivity contribution in [3.63, 3.8) is 0 Å². The van der Waals surface area contributed by atoms with Crippen molar-refractivity contribution in [3.05, 3.63) is 48.0 Å². The molecule has 0 saturated heterocycles. The van der Waals surface area contributed by atoms with E-state index in [9.17, 15) is 0 Å². The van der Waals surface area contributed by atoms with Crippen molar-refractivity contribution in [2.24, 2.45) is 0 Å². The smallest absolute Gasteiger partial charge is 0.125 e. The zero-order valence-corrected chi connectivity index (χ0v) is 11.5. The molecule has 2 aromatic rings. The molecule has 18 heavy (non-hydrogen) atoms. The molecule has 0 aliphatic carbocycles. The lowest BCUT2D eigenvalue weighted by Crippen LogP contribution is -2.04. The molecule has 1 aromatic heterocycles. The Hall–Kier alpha value is -1.55. The van der Waals surface area contributed by atoms with Gasteiger partial charge in [-0.15, -0.1) is 11.8 Å². The first-order valence-electron chi connectivity index (χ1n) is 6.04. The van der Waals surface area contributed by atoms with Crippen LogP contribution >= 0.6 is 11.8 Å². The number of aryl methyl sites for hydroxylation is 1. The van der Waals surface area contributed by atoms with Crippen LogP contribution in [0.1, 0.15) is 18.4 Å². The van der Waals surface area contributed by atoms with Crippen molar-refractivity contribution in [2.75, 3.05) is 11.1 Å². The highest BCUT2D eigenvalue weighted by Gasteiger charge is 2.01. The first-order valence-corrected chi connectivity index (χ1v) is 7.02. The van der Waals surface area contributed by atoms with E-state index in [2.05, 4.69) is 40.4 Å². The lowest BCUT2D eigenvalue weighted by atomic mass is 10.3. The molecule has 0 aliphatic heterocycles. The predicted octanol–water partition coefficient (Wildman–Crippen LogP) is 3.51. The summed E-state index contributed by atoms with van der Waals surface area (Å²) in [6.45, 7) is 4.80. The molecule has 0 saturated carbocycles. The van der Waals surface area contributed by atoms with Gasteiger partial charge < -0.3 is 5.32 Å². The van der Waals surface area contributed by atoms with E-state index in [0.29, 0.717) is 0 Å². The molecule has 2 rings (SSSR count). The molecule has 0 radical (unpaired) electrons. The van der Waals surface area contributed by atoms with E-state index in [4.69, 9.17) is 0 Å². The van der Waals surface area contributed by atoms with Gasteiger partial charge in [0.2, 0.25) is 0 Å². The predicted molar refractivity (Wildman–Crippen MR) is 76.9 cm³/mol. The molecule has 0 fully saturated rings. The van der Waals surface area contributed by atoms with Gasteiger partial charge in [0.05, 0.1) is 12.2 Å². The molecule has 0 spiro atoms. The van der Waals surface area contributed by atoms with Gasteiger partial charge in [0.15, 0.2) is 0 Å². The quantitative estimate of drug-likeness (QED) is 0.834. The van der Waals surface area contributed by atoms with Crippen LogP contribution in [0.2, 0.25) is 0 Å². The van der Waals surface area contributed by atoms with Crippen molar-refractivity contribution >= 4 is 17.4 Å². The van der Waals surface area contributed by atoms with E-state index < -0.39 is 0 Å². The summed E-state index contributed by atoms with van der Waals surface area (Å²) in [5.41, 5.74) is 2.18. The van der Waals surface area contributed by atoms with Crippen molar-refractivity contribution in [2.45, 2.75) is 25.3 Å². The number of aromatic nitrogens is 2. The Morgan fingerprint density at radius 1 is 1.22 bits per heavy atom. The second kappa shape index (κ2) is 6.40. The summed E-state index contributed by atoms with van der Waals surface area (Å²) in [6.07, 6.45) is 1.80. The van der Waals surface area contributed by atoms with E-state index in [0.717, 1.165) is 23.8 Å². The molecule has 1 aromatic carbocycles. The Balaban J connectivity index is 2.06. The Morgan fingerprint density at radius 2 is 2.06 bits per heavy atom. The molecule has 0 unspecified atom stereocenters. The van der Waals surface area contributed by atoms with Crippen LogP contribution in [-0.2, 0) is 6.54 Å². The second-order valence-electron chi connectivity index (χ2n) is 3.88. The highest BCUT2D eigenvalue weighted by Crippen LogP contribution is 2.26. The topological polar surface area (TPSA) is 37.8 Å². The first kappa shape index (κ1) is 12.9. The van der Waals surface area contributed by atoms with Crippen LogP contribution in [0.5, 0.6) is 0 Å². The van der Waals surface area contributed by atoms with Gasteiger partial charge in [-0.05, 0) is 30.9 Å². The maximum Gasteiger partial charge on any atom is 0.125 e. The highest BCUT2D eigenvalue weighted by atomic mass is 32.2. The number of benzene rings is 1. The van der Waals surface area contributed by atoms with E-state index in [1.54, 1.807) is 6.20 Å². The number of hydrogen-bond donors (Lipinski definition) is 1. The molecule has 0 atom stereocenters. The number of para-hydroxylation sites is 1. The van der Waals surface area contributed by atoms with Gasteiger partial charge in [0.1, 0.15) is 5.82 Å². The number of hydrogen-bond acceptors (Lipinski definition) is 4. The highest BCUT2D eigenvalue weighted by molar-refractivity contribution is 7.99. The fraction of sp³-hybridized carbons (Fsp3) is 0.286. The third-order valence-electron chi connectivity index (χ3n) is 2.48. The van der Waals surface area contributed by atoms with Gasteiger partial charge >= 0.3 is 0 Å². The second-order valence-corrected chi connectivity index (χ2v) is 5.18. The SMILES string of the molecule is CCSc1ccccc1NCc1ccnc(C)n1. The molecule has 1 N–H and O–H groups in total. The van der Waals surface area contributed by atoms with Gasteiger partial charge in [-0.25, -0.2) is 9.97 Å². The average Bonchev–Trinajstić information content (AvgIpc) is 2.38. The Labute approximate surface area is 112 Å². The maximum absolute atomic E-state index is 4.38. The van der Waals surface area contributed by atoms with Gasteiger partial charge in [-0.1, -0.05) is 19.1 Å². The zero-order chi connectivity index (χ0) is 12.8. The number of nitrogens with one attached hydrogen (secondary N) is 1. The van der Waals surface area contributed by atoms with Crippen molar-refractivity contribution < 1.29 is 0 Å². The number of rotatable bonds is 5. The minimum Gasteiger partial charge on any atom is -0.378 e. The average molecular weight is 259 g/mol. The standard InChI is InChI=1S/C14H17N3S/c1-3-18-14-7-5-4-6-13(14)16-10-12-8-9-15-11(2)17-12/h4-9,16H,3,10H2,1-2H3.